The fourth-order valence-corrected chi connectivity index (χ4v) is 4.97. The Labute approximate surface area is 184 Å². The molecule has 0 atom stereocenters. The lowest BCUT2D eigenvalue weighted by Crippen LogP contribution is -2.19. The van der Waals surface area contributed by atoms with Crippen LogP contribution in [0, 0.1) is 11.2 Å². The van der Waals surface area contributed by atoms with Gasteiger partial charge in [-0.05, 0) is 90.8 Å². The molecule has 0 amide bonds. The Kier molecular flexibility index (Phi) is 9.34. The van der Waals surface area contributed by atoms with Gasteiger partial charge in [-0.15, -0.1) is 6.58 Å². The molecule has 0 saturated carbocycles. The first-order valence-corrected chi connectivity index (χ1v) is 11.9. The average Bonchev–Trinajstić information content (AvgIpc) is 2.73. The summed E-state index contributed by atoms with van der Waals surface area (Å²) in [6, 6.07) is 11.8. The van der Waals surface area contributed by atoms with Crippen LogP contribution in [-0.4, -0.2) is 0 Å². The second kappa shape index (κ2) is 11.5. The molecule has 30 heavy (non-hydrogen) atoms. The van der Waals surface area contributed by atoms with Crippen LogP contribution in [0.2, 0.25) is 0 Å². The number of rotatable bonds is 12. The maximum Gasteiger partial charge on any atom is 0.123 e. The van der Waals surface area contributed by atoms with Gasteiger partial charge in [-0.1, -0.05) is 76.8 Å². The van der Waals surface area contributed by atoms with Crippen LogP contribution in [0.3, 0.4) is 0 Å². The molecule has 0 aliphatic heterocycles. The third-order valence-corrected chi connectivity index (χ3v) is 6.74. The molecule has 0 radical (unpaired) electrons. The first kappa shape index (κ1) is 24.4. The van der Waals surface area contributed by atoms with Crippen molar-refractivity contribution in [3.8, 4) is 11.1 Å². The number of hydrogen-bond acceptors (Lipinski definition) is 0. The lowest BCUT2D eigenvalue weighted by atomic mass is 9.73. The van der Waals surface area contributed by atoms with Crippen LogP contribution in [0.15, 0.2) is 48.6 Å². The topological polar surface area (TPSA) is 0 Å². The molecule has 1 heteroatoms. The van der Waals surface area contributed by atoms with Crippen LogP contribution in [0.5, 0.6) is 0 Å². The highest BCUT2D eigenvalue weighted by Crippen LogP contribution is 2.39. The summed E-state index contributed by atoms with van der Waals surface area (Å²) in [5.41, 5.74) is 8.43. The summed E-state index contributed by atoms with van der Waals surface area (Å²) < 4.78 is 13.5. The van der Waals surface area contributed by atoms with Crippen molar-refractivity contribution in [3.05, 3.63) is 71.1 Å². The number of allylic oxidation sites excluding steroid dienone is 1. The molecule has 164 valence electrons. The van der Waals surface area contributed by atoms with Gasteiger partial charge in [0.1, 0.15) is 5.82 Å². The third kappa shape index (κ3) is 6.30. The Morgan fingerprint density at radius 2 is 1.57 bits per heavy atom. The van der Waals surface area contributed by atoms with Crippen LogP contribution in [0.1, 0.15) is 89.8 Å². The highest BCUT2D eigenvalue weighted by Gasteiger charge is 2.25. The van der Waals surface area contributed by atoms with Gasteiger partial charge < -0.3 is 0 Å². The maximum absolute atomic E-state index is 13.5. The molecular weight excluding hydrogens is 367 g/mol. The Hall–Kier alpha value is -1.89. The van der Waals surface area contributed by atoms with Crippen molar-refractivity contribution in [2.24, 2.45) is 5.41 Å². The van der Waals surface area contributed by atoms with E-state index in [1.807, 2.05) is 12.1 Å². The molecular formula is C29H41F. The third-order valence-electron chi connectivity index (χ3n) is 6.74. The van der Waals surface area contributed by atoms with Crippen molar-refractivity contribution in [1.29, 1.82) is 0 Å². The van der Waals surface area contributed by atoms with Crippen molar-refractivity contribution >= 4 is 0 Å². The van der Waals surface area contributed by atoms with Crippen molar-refractivity contribution < 1.29 is 4.39 Å². The van der Waals surface area contributed by atoms with Crippen molar-refractivity contribution in [2.75, 3.05) is 0 Å². The molecule has 0 saturated heterocycles. The minimum Gasteiger partial charge on any atom is -0.207 e. The number of hydrogen-bond donors (Lipinski definition) is 0. The Morgan fingerprint density at radius 3 is 2.10 bits per heavy atom. The maximum atomic E-state index is 13.5. The van der Waals surface area contributed by atoms with E-state index in [2.05, 4.69) is 53.3 Å². The van der Waals surface area contributed by atoms with E-state index >= 15 is 0 Å². The van der Waals surface area contributed by atoms with Crippen LogP contribution in [0.25, 0.3) is 11.1 Å². The molecule has 0 unspecified atom stereocenters. The fraction of sp³-hybridized carbons (Fsp3) is 0.517. The van der Waals surface area contributed by atoms with E-state index < -0.39 is 0 Å². The van der Waals surface area contributed by atoms with Gasteiger partial charge in [0.05, 0.1) is 0 Å². The molecule has 0 aromatic heterocycles. The Morgan fingerprint density at radius 1 is 0.933 bits per heavy atom. The van der Waals surface area contributed by atoms with E-state index in [1.54, 1.807) is 12.1 Å². The highest BCUT2D eigenvalue weighted by molar-refractivity contribution is 5.72. The minimum atomic E-state index is -0.171. The normalized spacial score (nSPS) is 11.7. The predicted octanol–water partition coefficient (Wildman–Crippen LogP) is 9.10. The first-order chi connectivity index (χ1) is 14.4. The first-order valence-electron chi connectivity index (χ1n) is 11.9. The molecule has 0 fully saturated rings. The quantitative estimate of drug-likeness (QED) is 0.307. The summed E-state index contributed by atoms with van der Waals surface area (Å²) in [5.74, 6) is -0.171. The summed E-state index contributed by atoms with van der Waals surface area (Å²) >= 11 is 0. The van der Waals surface area contributed by atoms with E-state index in [0.717, 1.165) is 37.7 Å². The molecule has 2 aromatic carbocycles. The van der Waals surface area contributed by atoms with Gasteiger partial charge in [0.2, 0.25) is 0 Å². The van der Waals surface area contributed by atoms with Gasteiger partial charge in [-0.3, -0.25) is 0 Å². The van der Waals surface area contributed by atoms with Gasteiger partial charge in [-0.2, -0.15) is 0 Å². The largest absolute Gasteiger partial charge is 0.207 e. The van der Waals surface area contributed by atoms with E-state index in [4.69, 9.17) is 0 Å². The smallest absolute Gasteiger partial charge is 0.123 e. The number of aryl methyl sites for hydroxylation is 3. The van der Waals surface area contributed by atoms with Gasteiger partial charge in [-0.25, -0.2) is 4.39 Å². The lowest BCUT2D eigenvalue weighted by Gasteiger charge is -2.32. The number of benzene rings is 2. The Bertz CT molecular complexity index is 809. The van der Waals surface area contributed by atoms with Crippen LogP contribution in [0.4, 0.5) is 4.39 Å². The number of halogens is 1. The van der Waals surface area contributed by atoms with E-state index in [9.17, 15) is 4.39 Å². The van der Waals surface area contributed by atoms with Crippen molar-refractivity contribution in [3.63, 3.8) is 0 Å². The van der Waals surface area contributed by atoms with Crippen LogP contribution >= 0.6 is 0 Å². The lowest BCUT2D eigenvalue weighted by molar-refractivity contribution is 0.231. The second-order valence-electron chi connectivity index (χ2n) is 9.09. The van der Waals surface area contributed by atoms with E-state index in [-0.39, 0.29) is 5.82 Å². The molecule has 2 rings (SSSR count). The zero-order valence-electron chi connectivity index (χ0n) is 19.9. The monoisotopic (exact) mass is 408 g/mol. The zero-order valence-corrected chi connectivity index (χ0v) is 19.9. The van der Waals surface area contributed by atoms with Gasteiger partial charge in [0.15, 0.2) is 0 Å². The highest BCUT2D eigenvalue weighted by atomic mass is 19.1. The van der Waals surface area contributed by atoms with Gasteiger partial charge in [0.25, 0.3) is 0 Å². The molecule has 0 bridgehead atoms. The fourth-order valence-electron chi connectivity index (χ4n) is 4.97. The summed E-state index contributed by atoms with van der Waals surface area (Å²) in [7, 11) is 0. The van der Waals surface area contributed by atoms with Crippen LogP contribution < -0.4 is 0 Å². The van der Waals surface area contributed by atoms with Gasteiger partial charge >= 0.3 is 0 Å². The van der Waals surface area contributed by atoms with Crippen molar-refractivity contribution in [2.45, 2.75) is 92.4 Å². The summed E-state index contributed by atoms with van der Waals surface area (Å²) in [5, 5.41) is 0. The predicted molar refractivity (Wildman–Crippen MR) is 131 cm³/mol. The molecule has 0 nitrogen and oxygen atoms in total. The van der Waals surface area contributed by atoms with Crippen LogP contribution in [-0.2, 0) is 19.3 Å². The molecule has 2 aromatic rings. The summed E-state index contributed by atoms with van der Waals surface area (Å²) in [6.07, 6.45) is 10.4. The molecule has 0 aliphatic rings. The average molecular weight is 409 g/mol. The molecule has 0 heterocycles. The van der Waals surface area contributed by atoms with Crippen molar-refractivity contribution in [1.82, 2.24) is 0 Å². The van der Waals surface area contributed by atoms with E-state index in [0.29, 0.717) is 5.41 Å². The second-order valence-corrected chi connectivity index (χ2v) is 9.09. The molecule has 0 N–H and O–H groups in total. The summed E-state index contributed by atoms with van der Waals surface area (Å²) in [6.45, 7) is 15.5. The molecule has 0 spiro atoms. The standard InChI is InChI=1S/C29H41F/c1-7-12-26-20-23(13-11-18-29(9-3,10-4)21-22(5)6)19-24(8-2)28(26)25-14-16-27(30)17-15-25/h14-17,19-20H,5,7-13,18,21H2,1-4,6H3. The summed E-state index contributed by atoms with van der Waals surface area (Å²) in [4.78, 5) is 0. The zero-order chi connectivity index (χ0) is 22.1. The minimum absolute atomic E-state index is 0.171. The van der Waals surface area contributed by atoms with E-state index in [1.165, 1.54) is 53.5 Å². The SMILES string of the molecule is C=C(C)CC(CC)(CC)CCCc1cc(CC)c(-c2ccc(F)cc2)c(CCC)c1. The van der Waals surface area contributed by atoms with Gasteiger partial charge in [0, 0.05) is 0 Å². The Balaban J connectivity index is 2.28. The molecule has 0 aliphatic carbocycles.